The normalized spacial score (nSPS) is 11.3. The summed E-state index contributed by atoms with van der Waals surface area (Å²) in [5, 5.41) is 6.72. The summed E-state index contributed by atoms with van der Waals surface area (Å²) in [7, 11) is 1.40. The predicted molar refractivity (Wildman–Crippen MR) is 106 cm³/mol. The number of hydrogen-bond donors (Lipinski definition) is 0. The second kappa shape index (κ2) is 6.98. The average molecular weight is 598 g/mol. The van der Waals surface area contributed by atoms with E-state index in [2.05, 4.69) is 80.5 Å². The summed E-state index contributed by atoms with van der Waals surface area (Å²) in [4.78, 5) is 12.0. The van der Waals surface area contributed by atoms with Crippen molar-refractivity contribution in [1.82, 2.24) is 0 Å². The van der Waals surface area contributed by atoms with Crippen molar-refractivity contribution < 1.29 is 9.53 Å². The standard InChI is InChI=1S/C20H10O2Se4/c1-22-20(21)9-6-7-12-13(8-9)19(26)15-14(18(12)25)16(23)10-4-2-3-5-11(10)17(15)24/h2-8H,1H3. The van der Waals surface area contributed by atoms with Crippen molar-refractivity contribution in [2.75, 3.05) is 7.11 Å². The molecule has 26 heavy (non-hydrogen) atoms. The van der Waals surface area contributed by atoms with Crippen LogP contribution in [-0.2, 0) is 4.74 Å². The first-order chi connectivity index (χ1) is 12.5. The van der Waals surface area contributed by atoms with Gasteiger partial charge in [0.1, 0.15) is 0 Å². The Morgan fingerprint density at radius 1 is 0.731 bits per heavy atom. The van der Waals surface area contributed by atoms with Crippen molar-refractivity contribution in [2.45, 2.75) is 0 Å². The Morgan fingerprint density at radius 3 is 1.69 bits per heavy atom. The minimum atomic E-state index is -0.334. The van der Waals surface area contributed by atoms with Crippen LogP contribution in [-0.4, -0.2) is 75.4 Å². The van der Waals surface area contributed by atoms with Gasteiger partial charge in [-0.2, -0.15) is 0 Å². The van der Waals surface area contributed by atoms with E-state index < -0.39 is 0 Å². The van der Waals surface area contributed by atoms with Crippen LogP contribution < -0.4 is 0 Å². The van der Waals surface area contributed by atoms with Gasteiger partial charge >= 0.3 is 181 Å². The molecule has 2 aromatic rings. The molecular formula is C20H10O2Se4. The maximum atomic E-state index is 12.0. The van der Waals surface area contributed by atoms with Crippen molar-refractivity contribution in [3.05, 3.63) is 74.7 Å². The monoisotopic (exact) mass is 602 g/mol. The van der Waals surface area contributed by atoms with Crippen molar-refractivity contribution in [1.29, 1.82) is 0 Å². The van der Waals surface area contributed by atoms with E-state index in [1.807, 2.05) is 18.2 Å². The molecule has 0 atom stereocenters. The van der Waals surface area contributed by atoms with Gasteiger partial charge in [-0.3, -0.25) is 0 Å². The molecule has 6 heteroatoms. The Hall–Kier alpha value is -0.792. The van der Waals surface area contributed by atoms with Crippen molar-refractivity contribution in [2.24, 2.45) is 0 Å². The summed E-state index contributed by atoms with van der Waals surface area (Å²) in [6.07, 6.45) is 0. The Labute approximate surface area is 180 Å². The Balaban J connectivity index is 2.39. The zero-order valence-corrected chi connectivity index (χ0v) is 20.3. The van der Waals surface area contributed by atoms with E-state index in [4.69, 9.17) is 4.74 Å². The van der Waals surface area contributed by atoms with Crippen molar-refractivity contribution in [3.8, 4) is 0 Å². The van der Waals surface area contributed by atoms with Crippen LogP contribution in [0.5, 0.6) is 0 Å². The van der Waals surface area contributed by atoms with Gasteiger partial charge < -0.3 is 0 Å². The Kier molecular flexibility index (Phi) is 4.99. The molecule has 4 rings (SSSR count). The third-order valence-electron chi connectivity index (χ3n) is 4.50. The first-order valence-corrected chi connectivity index (χ1v) is 11.1. The molecule has 0 bridgehead atoms. The quantitative estimate of drug-likeness (QED) is 0.248. The molecule has 0 fully saturated rings. The topological polar surface area (TPSA) is 26.3 Å². The van der Waals surface area contributed by atoms with E-state index in [-0.39, 0.29) is 5.97 Å². The second-order valence-electron chi connectivity index (χ2n) is 5.86. The molecule has 2 aromatic carbocycles. The molecule has 0 radical (unpaired) electrons. The molecule has 0 saturated carbocycles. The molecule has 2 nitrogen and oxygen atoms in total. The Bertz CT molecular complexity index is 1510. The van der Waals surface area contributed by atoms with Gasteiger partial charge in [0.15, 0.2) is 0 Å². The first kappa shape index (κ1) is 18.6. The third kappa shape index (κ3) is 2.69. The molecule has 0 N–H and O–H groups in total. The van der Waals surface area contributed by atoms with E-state index >= 15 is 0 Å². The molecule has 0 amide bonds. The van der Waals surface area contributed by atoms with E-state index in [0.29, 0.717) is 5.56 Å². The number of benzene rings is 2. The van der Waals surface area contributed by atoms with E-state index in [1.54, 1.807) is 6.07 Å². The van der Waals surface area contributed by atoms with Crippen LogP contribution in [0, 0.1) is 26.7 Å². The van der Waals surface area contributed by atoms with Crippen LogP contribution in [0.15, 0.2) is 42.5 Å². The Morgan fingerprint density at radius 2 is 1.19 bits per heavy atom. The van der Waals surface area contributed by atoms with Gasteiger partial charge in [0, 0.05) is 0 Å². The van der Waals surface area contributed by atoms with E-state index in [0.717, 1.165) is 37.5 Å². The van der Waals surface area contributed by atoms with Crippen LogP contribution in [0.1, 0.15) is 10.4 Å². The van der Waals surface area contributed by atoms with Crippen LogP contribution in [0.4, 0.5) is 0 Å². The summed E-state index contributed by atoms with van der Waals surface area (Å²) in [6.45, 7) is 0. The number of ether oxygens (including phenoxy) is 1. The average Bonchev–Trinajstić information content (AvgIpc) is 2.67. The summed E-state index contributed by atoms with van der Waals surface area (Å²) in [5.74, 6) is -0.334. The third-order valence-corrected chi connectivity index (χ3v) is 8.06. The summed E-state index contributed by atoms with van der Waals surface area (Å²) in [6, 6.07) is 14.0. The summed E-state index contributed by atoms with van der Waals surface area (Å²) in [5.41, 5.74) is 0.543. The van der Waals surface area contributed by atoms with Gasteiger partial charge in [0.2, 0.25) is 0 Å². The number of fused-ring (bicyclic) bond motifs is 2. The number of esters is 1. The summed E-state index contributed by atoms with van der Waals surface area (Å²) < 4.78 is 9.20. The number of carbonyl (C=O) groups excluding carboxylic acids is 1. The predicted octanol–water partition coefficient (Wildman–Crippen LogP) is 2.18. The molecule has 2 aliphatic carbocycles. The zero-order chi connectivity index (χ0) is 18.6. The van der Waals surface area contributed by atoms with Crippen LogP contribution >= 0.6 is 0 Å². The molecule has 0 spiro atoms. The molecule has 0 aromatic heterocycles. The molecule has 2 aliphatic rings. The first-order valence-electron chi connectivity index (χ1n) is 7.70. The number of rotatable bonds is 1. The molecule has 0 aliphatic heterocycles. The van der Waals surface area contributed by atoms with Crippen LogP contribution in [0.25, 0.3) is 21.5 Å². The van der Waals surface area contributed by atoms with Crippen molar-refractivity contribution >= 4 is 89.8 Å². The molecule has 126 valence electrons. The van der Waals surface area contributed by atoms with E-state index in [9.17, 15) is 4.79 Å². The van der Waals surface area contributed by atoms with Crippen LogP contribution in [0.2, 0.25) is 0 Å². The minimum absolute atomic E-state index is 0.334. The summed E-state index contributed by atoms with van der Waals surface area (Å²) >= 11 is 13.0. The molecular weight excluding hydrogens is 588 g/mol. The number of carbonyl (C=O) groups is 1. The fraction of sp³-hybridized carbons (Fsp3) is 0.0500. The van der Waals surface area contributed by atoms with E-state index in [1.165, 1.54) is 17.9 Å². The molecule has 0 unspecified atom stereocenters. The fourth-order valence-electron chi connectivity index (χ4n) is 3.25. The van der Waals surface area contributed by atoms with Crippen LogP contribution in [0.3, 0.4) is 0 Å². The van der Waals surface area contributed by atoms with Gasteiger partial charge in [-0.1, -0.05) is 0 Å². The number of hydrogen-bond acceptors (Lipinski definition) is 2. The second-order valence-corrected chi connectivity index (χ2v) is 9.29. The SMILES string of the molecule is COC(=O)c1ccc2c(=[Se])c3c(=[Se])c4ccccc4c(=[Se])c=3c(=[Se])c2c1. The maximum absolute atomic E-state index is 12.0. The van der Waals surface area contributed by atoms with Gasteiger partial charge in [0.05, 0.1) is 0 Å². The zero-order valence-electron chi connectivity index (χ0n) is 13.5. The van der Waals surface area contributed by atoms with Gasteiger partial charge in [-0.25, -0.2) is 0 Å². The fourth-order valence-corrected chi connectivity index (χ4v) is 7.10. The number of methoxy groups -OCH3 is 1. The van der Waals surface area contributed by atoms with Crippen molar-refractivity contribution in [3.63, 3.8) is 0 Å². The van der Waals surface area contributed by atoms with Gasteiger partial charge in [0.25, 0.3) is 0 Å². The van der Waals surface area contributed by atoms with Gasteiger partial charge in [-0.05, 0) is 0 Å². The molecule has 0 saturated heterocycles. The molecule has 0 heterocycles. The van der Waals surface area contributed by atoms with Gasteiger partial charge in [-0.15, -0.1) is 0 Å².